The van der Waals surface area contributed by atoms with Crippen molar-refractivity contribution < 1.29 is 4.79 Å². The number of aromatic nitrogens is 2. The minimum Gasteiger partial charge on any atom is -0.358 e. The SMILES string of the molecule is CCC(C)NC1CCc2[nH]c3ccc(C(=O)Nc4cccnc4)cc3c2C1. The zero-order chi connectivity index (χ0) is 18.8. The largest absolute Gasteiger partial charge is 0.358 e. The molecule has 1 amide bonds. The summed E-state index contributed by atoms with van der Waals surface area (Å²) >= 11 is 0. The Labute approximate surface area is 159 Å². The van der Waals surface area contributed by atoms with Crippen LogP contribution in [0.4, 0.5) is 5.69 Å². The number of carbonyl (C=O) groups excluding carboxylic acids is 1. The van der Waals surface area contributed by atoms with Crippen molar-refractivity contribution in [3.8, 4) is 0 Å². The molecule has 3 N–H and O–H groups in total. The van der Waals surface area contributed by atoms with Crippen LogP contribution in [0.1, 0.15) is 48.3 Å². The molecule has 0 saturated heterocycles. The first kappa shape index (κ1) is 17.7. The molecular weight excluding hydrogens is 336 g/mol. The van der Waals surface area contributed by atoms with Crippen molar-refractivity contribution in [2.45, 2.75) is 51.6 Å². The number of carbonyl (C=O) groups is 1. The van der Waals surface area contributed by atoms with Gasteiger partial charge in [-0.05, 0) is 68.5 Å². The highest BCUT2D eigenvalue weighted by Gasteiger charge is 2.23. The quantitative estimate of drug-likeness (QED) is 0.641. The molecule has 140 valence electrons. The zero-order valence-electron chi connectivity index (χ0n) is 15.9. The number of benzene rings is 1. The van der Waals surface area contributed by atoms with Crippen LogP contribution in [0.3, 0.4) is 0 Å². The third-order valence-electron chi connectivity index (χ3n) is 5.50. The summed E-state index contributed by atoms with van der Waals surface area (Å²) in [6, 6.07) is 10.6. The van der Waals surface area contributed by atoms with Crippen LogP contribution in [0, 0.1) is 0 Å². The monoisotopic (exact) mass is 362 g/mol. The molecule has 4 rings (SSSR count). The topological polar surface area (TPSA) is 69.8 Å². The number of aromatic amines is 1. The Bertz CT molecular complexity index is 948. The maximum absolute atomic E-state index is 12.6. The molecule has 5 nitrogen and oxygen atoms in total. The third kappa shape index (κ3) is 3.74. The molecule has 1 aliphatic rings. The first-order valence-electron chi connectivity index (χ1n) is 9.75. The summed E-state index contributed by atoms with van der Waals surface area (Å²) in [7, 11) is 0. The summed E-state index contributed by atoms with van der Waals surface area (Å²) in [5, 5.41) is 7.81. The number of pyridine rings is 1. The van der Waals surface area contributed by atoms with Crippen LogP contribution in [0.2, 0.25) is 0 Å². The average Bonchev–Trinajstić information content (AvgIpc) is 3.06. The number of amides is 1. The fraction of sp³-hybridized carbons (Fsp3) is 0.364. The summed E-state index contributed by atoms with van der Waals surface area (Å²) in [5.41, 5.74) is 5.16. The molecule has 2 aromatic heterocycles. The average molecular weight is 362 g/mol. The van der Waals surface area contributed by atoms with Crippen LogP contribution in [-0.4, -0.2) is 28.0 Å². The Kier molecular flexibility index (Phi) is 4.94. The molecule has 3 aromatic rings. The van der Waals surface area contributed by atoms with Gasteiger partial charge < -0.3 is 15.6 Å². The Morgan fingerprint density at radius 1 is 1.37 bits per heavy atom. The van der Waals surface area contributed by atoms with E-state index in [1.54, 1.807) is 12.4 Å². The predicted molar refractivity (Wildman–Crippen MR) is 109 cm³/mol. The van der Waals surface area contributed by atoms with Crippen LogP contribution < -0.4 is 10.6 Å². The van der Waals surface area contributed by atoms with Gasteiger partial charge in [0.25, 0.3) is 5.91 Å². The summed E-state index contributed by atoms with van der Waals surface area (Å²) in [4.78, 5) is 20.2. The third-order valence-corrected chi connectivity index (χ3v) is 5.50. The lowest BCUT2D eigenvalue weighted by Gasteiger charge is -2.26. The van der Waals surface area contributed by atoms with Crippen LogP contribution in [0.25, 0.3) is 10.9 Å². The van der Waals surface area contributed by atoms with E-state index in [0.29, 0.717) is 23.3 Å². The number of anilines is 1. The van der Waals surface area contributed by atoms with Crippen molar-refractivity contribution in [1.29, 1.82) is 0 Å². The first-order valence-corrected chi connectivity index (χ1v) is 9.75. The summed E-state index contributed by atoms with van der Waals surface area (Å²) < 4.78 is 0. The number of nitrogens with zero attached hydrogens (tertiary/aromatic N) is 1. The number of hydrogen-bond acceptors (Lipinski definition) is 3. The molecule has 27 heavy (non-hydrogen) atoms. The van der Waals surface area contributed by atoms with Gasteiger partial charge in [-0.15, -0.1) is 0 Å². The molecule has 2 heterocycles. The van der Waals surface area contributed by atoms with E-state index < -0.39 is 0 Å². The molecule has 0 bridgehead atoms. The van der Waals surface area contributed by atoms with Crippen LogP contribution >= 0.6 is 0 Å². The second-order valence-corrected chi connectivity index (χ2v) is 7.45. The van der Waals surface area contributed by atoms with E-state index >= 15 is 0 Å². The maximum atomic E-state index is 12.6. The summed E-state index contributed by atoms with van der Waals surface area (Å²) in [6.07, 6.45) is 7.69. The van der Waals surface area contributed by atoms with Gasteiger partial charge in [-0.25, -0.2) is 0 Å². The van der Waals surface area contributed by atoms with Gasteiger partial charge in [-0.3, -0.25) is 9.78 Å². The number of hydrogen-bond donors (Lipinski definition) is 3. The van der Waals surface area contributed by atoms with Crippen LogP contribution in [0.5, 0.6) is 0 Å². The van der Waals surface area contributed by atoms with Gasteiger partial charge in [0.15, 0.2) is 0 Å². The van der Waals surface area contributed by atoms with Gasteiger partial charge in [-0.2, -0.15) is 0 Å². The van der Waals surface area contributed by atoms with E-state index in [9.17, 15) is 4.79 Å². The Morgan fingerprint density at radius 3 is 3.04 bits per heavy atom. The maximum Gasteiger partial charge on any atom is 0.255 e. The molecule has 0 radical (unpaired) electrons. The van der Waals surface area contributed by atoms with Crippen molar-refractivity contribution in [1.82, 2.24) is 15.3 Å². The van der Waals surface area contributed by atoms with E-state index in [4.69, 9.17) is 0 Å². The lowest BCUT2D eigenvalue weighted by molar-refractivity contribution is 0.102. The second kappa shape index (κ2) is 7.53. The standard InChI is InChI=1S/C22H26N4O/c1-3-14(2)24-16-7-9-21-19(12-16)18-11-15(6-8-20(18)26-21)22(27)25-17-5-4-10-23-13-17/h4-6,8,10-11,13-14,16,24,26H,3,7,9,12H2,1-2H3,(H,25,27). The zero-order valence-corrected chi connectivity index (χ0v) is 15.9. The second-order valence-electron chi connectivity index (χ2n) is 7.45. The molecular formula is C22H26N4O. The van der Waals surface area contributed by atoms with Crippen molar-refractivity contribution in [3.63, 3.8) is 0 Å². The molecule has 1 aliphatic carbocycles. The fourth-order valence-electron chi connectivity index (χ4n) is 3.86. The van der Waals surface area contributed by atoms with Gasteiger partial charge in [0, 0.05) is 40.4 Å². The minimum atomic E-state index is -0.107. The van der Waals surface area contributed by atoms with Gasteiger partial charge in [-0.1, -0.05) is 6.92 Å². The minimum absolute atomic E-state index is 0.107. The molecule has 5 heteroatoms. The van der Waals surface area contributed by atoms with Crippen molar-refractivity contribution >= 4 is 22.5 Å². The van der Waals surface area contributed by atoms with E-state index in [2.05, 4.69) is 34.4 Å². The summed E-state index contributed by atoms with van der Waals surface area (Å²) in [6.45, 7) is 4.45. The number of fused-ring (bicyclic) bond motifs is 3. The van der Waals surface area contributed by atoms with Crippen molar-refractivity contribution in [2.75, 3.05) is 5.32 Å². The molecule has 2 unspecified atom stereocenters. The van der Waals surface area contributed by atoms with E-state index in [0.717, 1.165) is 31.2 Å². The van der Waals surface area contributed by atoms with Gasteiger partial charge in [0.2, 0.25) is 0 Å². The highest BCUT2D eigenvalue weighted by atomic mass is 16.1. The Hall–Kier alpha value is -2.66. The smallest absolute Gasteiger partial charge is 0.255 e. The fourth-order valence-corrected chi connectivity index (χ4v) is 3.86. The van der Waals surface area contributed by atoms with Gasteiger partial charge in [0.1, 0.15) is 0 Å². The number of rotatable bonds is 5. The molecule has 0 saturated carbocycles. The van der Waals surface area contributed by atoms with E-state index in [1.165, 1.54) is 16.6 Å². The summed E-state index contributed by atoms with van der Waals surface area (Å²) in [5.74, 6) is -0.107. The first-order chi connectivity index (χ1) is 13.1. The molecule has 1 aromatic carbocycles. The predicted octanol–water partition coefficient (Wildman–Crippen LogP) is 4.06. The van der Waals surface area contributed by atoms with E-state index in [1.807, 2.05) is 30.3 Å². The number of H-pyrrole nitrogens is 1. The Balaban J connectivity index is 1.59. The van der Waals surface area contributed by atoms with Gasteiger partial charge in [0.05, 0.1) is 11.9 Å². The normalized spacial score (nSPS) is 17.5. The van der Waals surface area contributed by atoms with Gasteiger partial charge >= 0.3 is 0 Å². The van der Waals surface area contributed by atoms with Crippen molar-refractivity contribution in [2.24, 2.45) is 0 Å². The number of aryl methyl sites for hydroxylation is 1. The molecule has 2 atom stereocenters. The lowest BCUT2D eigenvalue weighted by atomic mass is 9.90. The van der Waals surface area contributed by atoms with E-state index in [-0.39, 0.29) is 5.91 Å². The molecule has 0 fully saturated rings. The lowest BCUT2D eigenvalue weighted by Crippen LogP contribution is -2.39. The highest BCUT2D eigenvalue weighted by Crippen LogP contribution is 2.30. The van der Waals surface area contributed by atoms with Crippen molar-refractivity contribution in [3.05, 3.63) is 59.5 Å². The van der Waals surface area contributed by atoms with Crippen LogP contribution in [-0.2, 0) is 12.8 Å². The molecule has 0 spiro atoms. The molecule has 0 aliphatic heterocycles. The number of nitrogens with one attached hydrogen (secondary N) is 3. The highest BCUT2D eigenvalue weighted by molar-refractivity contribution is 6.06. The van der Waals surface area contributed by atoms with Crippen LogP contribution in [0.15, 0.2) is 42.7 Å². The Morgan fingerprint density at radius 2 is 2.26 bits per heavy atom.